The lowest BCUT2D eigenvalue weighted by Gasteiger charge is -2.31. The SMILES string of the molecule is Cc1c(C(=O)N(C)C2CCNCC2)nnn1-c1ccc(OC(F)F)cc1.Cl. The van der Waals surface area contributed by atoms with E-state index in [0.29, 0.717) is 17.1 Å². The molecule has 0 unspecified atom stereocenters. The van der Waals surface area contributed by atoms with Crippen LogP contribution in [0.4, 0.5) is 8.78 Å². The van der Waals surface area contributed by atoms with Gasteiger partial charge in [0, 0.05) is 13.1 Å². The van der Waals surface area contributed by atoms with Crippen LogP contribution in [-0.2, 0) is 0 Å². The number of hydrogen-bond acceptors (Lipinski definition) is 5. The van der Waals surface area contributed by atoms with Crippen LogP contribution < -0.4 is 10.1 Å². The minimum Gasteiger partial charge on any atom is -0.435 e. The van der Waals surface area contributed by atoms with Crippen molar-refractivity contribution >= 4 is 18.3 Å². The number of hydrogen-bond donors (Lipinski definition) is 1. The molecule has 1 N–H and O–H groups in total. The predicted molar refractivity (Wildman–Crippen MR) is 98.0 cm³/mol. The van der Waals surface area contributed by atoms with Gasteiger partial charge in [-0.3, -0.25) is 4.79 Å². The third-order valence-corrected chi connectivity index (χ3v) is 4.58. The van der Waals surface area contributed by atoms with E-state index >= 15 is 0 Å². The van der Waals surface area contributed by atoms with E-state index < -0.39 is 6.61 Å². The minimum absolute atomic E-state index is 0. The fourth-order valence-corrected chi connectivity index (χ4v) is 3.07. The van der Waals surface area contributed by atoms with Crippen molar-refractivity contribution in [2.24, 2.45) is 0 Å². The van der Waals surface area contributed by atoms with E-state index in [1.54, 1.807) is 31.0 Å². The lowest BCUT2D eigenvalue weighted by atomic mass is 10.0. The number of nitrogens with one attached hydrogen (secondary N) is 1. The Kier molecular flexibility index (Phi) is 7.09. The summed E-state index contributed by atoms with van der Waals surface area (Å²) >= 11 is 0. The summed E-state index contributed by atoms with van der Waals surface area (Å²) in [6, 6.07) is 6.20. The average molecular weight is 402 g/mol. The quantitative estimate of drug-likeness (QED) is 0.833. The van der Waals surface area contributed by atoms with Gasteiger partial charge in [-0.15, -0.1) is 17.5 Å². The molecule has 1 aromatic carbocycles. The summed E-state index contributed by atoms with van der Waals surface area (Å²) in [5, 5.41) is 11.4. The fourth-order valence-electron chi connectivity index (χ4n) is 3.07. The molecule has 7 nitrogen and oxygen atoms in total. The van der Waals surface area contributed by atoms with E-state index in [-0.39, 0.29) is 30.1 Å². The Hall–Kier alpha value is -2.26. The topological polar surface area (TPSA) is 72.3 Å². The van der Waals surface area contributed by atoms with E-state index in [9.17, 15) is 13.6 Å². The highest BCUT2D eigenvalue weighted by Gasteiger charge is 2.26. The van der Waals surface area contributed by atoms with Gasteiger partial charge in [0.2, 0.25) is 0 Å². The molecule has 3 rings (SSSR count). The number of nitrogens with zero attached hydrogens (tertiary/aromatic N) is 4. The number of carbonyl (C=O) groups excluding carboxylic acids is 1. The summed E-state index contributed by atoms with van der Waals surface area (Å²) in [6.45, 7) is 0.665. The smallest absolute Gasteiger partial charge is 0.387 e. The monoisotopic (exact) mass is 401 g/mol. The number of halogens is 3. The first-order chi connectivity index (χ1) is 12.5. The van der Waals surface area contributed by atoms with Gasteiger partial charge in [0.05, 0.1) is 11.4 Å². The molecule has 2 heterocycles. The molecule has 0 saturated carbocycles. The van der Waals surface area contributed by atoms with Crippen LogP contribution in [0, 0.1) is 6.92 Å². The first-order valence-electron chi connectivity index (χ1n) is 8.43. The second kappa shape index (κ2) is 9.09. The van der Waals surface area contributed by atoms with Crippen LogP contribution in [-0.4, -0.2) is 58.6 Å². The maximum absolute atomic E-state index is 12.8. The van der Waals surface area contributed by atoms with Gasteiger partial charge in [-0.1, -0.05) is 5.21 Å². The highest BCUT2D eigenvalue weighted by atomic mass is 35.5. The van der Waals surface area contributed by atoms with Crippen molar-refractivity contribution in [1.82, 2.24) is 25.2 Å². The van der Waals surface area contributed by atoms with Crippen LogP contribution in [0.25, 0.3) is 5.69 Å². The Morgan fingerprint density at radius 1 is 1.30 bits per heavy atom. The summed E-state index contributed by atoms with van der Waals surface area (Å²) in [5.74, 6) is -0.109. The second-order valence-electron chi connectivity index (χ2n) is 6.20. The van der Waals surface area contributed by atoms with Crippen molar-refractivity contribution in [3.8, 4) is 11.4 Å². The normalized spacial score (nSPS) is 14.7. The number of alkyl halides is 2. The van der Waals surface area contributed by atoms with E-state index in [1.165, 1.54) is 16.8 Å². The van der Waals surface area contributed by atoms with Crippen LogP contribution in [0.2, 0.25) is 0 Å². The molecule has 1 aliphatic heterocycles. The Balaban J connectivity index is 0.00000261. The molecule has 2 aromatic rings. The lowest BCUT2D eigenvalue weighted by molar-refractivity contribution is -0.0498. The fraction of sp³-hybridized carbons (Fsp3) is 0.471. The molecular formula is C17H22ClF2N5O2. The second-order valence-corrected chi connectivity index (χ2v) is 6.20. The minimum atomic E-state index is -2.87. The maximum atomic E-state index is 12.8. The number of piperidine rings is 1. The van der Waals surface area contributed by atoms with Crippen molar-refractivity contribution in [3.05, 3.63) is 35.7 Å². The number of ether oxygens (including phenoxy) is 1. The molecule has 0 aliphatic carbocycles. The van der Waals surface area contributed by atoms with Crippen LogP contribution in [0.5, 0.6) is 5.75 Å². The van der Waals surface area contributed by atoms with Gasteiger partial charge in [-0.2, -0.15) is 8.78 Å². The number of amides is 1. The summed E-state index contributed by atoms with van der Waals surface area (Å²) in [6.07, 6.45) is 1.81. The molecule has 0 spiro atoms. The van der Waals surface area contributed by atoms with Crippen molar-refractivity contribution in [1.29, 1.82) is 0 Å². The van der Waals surface area contributed by atoms with Crippen molar-refractivity contribution in [3.63, 3.8) is 0 Å². The zero-order chi connectivity index (χ0) is 18.7. The van der Waals surface area contributed by atoms with E-state index in [2.05, 4.69) is 20.4 Å². The van der Waals surface area contributed by atoms with Gasteiger partial charge < -0.3 is 15.0 Å². The molecule has 1 amide bonds. The van der Waals surface area contributed by atoms with Gasteiger partial charge in [-0.25, -0.2) is 4.68 Å². The highest BCUT2D eigenvalue weighted by molar-refractivity contribution is 5.93. The van der Waals surface area contributed by atoms with Crippen LogP contribution in [0.3, 0.4) is 0 Å². The van der Waals surface area contributed by atoms with Crippen molar-refractivity contribution in [2.45, 2.75) is 32.4 Å². The first-order valence-corrected chi connectivity index (χ1v) is 8.43. The number of benzene rings is 1. The molecule has 10 heteroatoms. The first kappa shape index (κ1) is 21.0. The Bertz CT molecular complexity index is 763. The third-order valence-electron chi connectivity index (χ3n) is 4.58. The molecule has 0 bridgehead atoms. The molecule has 0 radical (unpaired) electrons. The zero-order valence-electron chi connectivity index (χ0n) is 15.1. The average Bonchev–Trinajstić information content (AvgIpc) is 3.03. The largest absolute Gasteiger partial charge is 0.435 e. The molecule has 1 fully saturated rings. The van der Waals surface area contributed by atoms with Crippen molar-refractivity contribution in [2.75, 3.05) is 20.1 Å². The van der Waals surface area contributed by atoms with Crippen molar-refractivity contribution < 1.29 is 18.3 Å². The Labute approximate surface area is 162 Å². The number of rotatable bonds is 5. The standard InChI is InChI=1S/C17H21F2N5O2.ClH/c1-11-15(16(25)23(2)12-7-9-20-10-8-12)21-22-24(11)13-3-5-14(6-4-13)26-17(18)19;/h3-6,12,17,20H,7-10H2,1-2H3;1H. The Morgan fingerprint density at radius 2 is 1.93 bits per heavy atom. The van der Waals surface area contributed by atoms with Crippen LogP contribution >= 0.6 is 12.4 Å². The summed E-state index contributed by atoms with van der Waals surface area (Å²) < 4.78 is 30.3. The molecule has 1 aromatic heterocycles. The molecule has 148 valence electrons. The number of aromatic nitrogens is 3. The van der Waals surface area contributed by atoms with Crippen LogP contribution in [0.15, 0.2) is 24.3 Å². The maximum Gasteiger partial charge on any atom is 0.387 e. The summed E-state index contributed by atoms with van der Waals surface area (Å²) in [4.78, 5) is 14.5. The van der Waals surface area contributed by atoms with Gasteiger partial charge in [0.25, 0.3) is 5.91 Å². The molecule has 27 heavy (non-hydrogen) atoms. The highest BCUT2D eigenvalue weighted by Crippen LogP contribution is 2.20. The molecule has 1 saturated heterocycles. The summed E-state index contributed by atoms with van der Waals surface area (Å²) in [5.41, 5.74) is 1.50. The summed E-state index contributed by atoms with van der Waals surface area (Å²) in [7, 11) is 1.78. The van der Waals surface area contributed by atoms with E-state index in [0.717, 1.165) is 25.9 Å². The molecular weight excluding hydrogens is 380 g/mol. The van der Waals surface area contributed by atoms with Gasteiger partial charge in [0.15, 0.2) is 5.69 Å². The van der Waals surface area contributed by atoms with E-state index in [1.807, 2.05) is 0 Å². The third kappa shape index (κ3) is 4.72. The van der Waals surface area contributed by atoms with E-state index in [4.69, 9.17) is 0 Å². The zero-order valence-corrected chi connectivity index (χ0v) is 15.9. The van der Waals surface area contributed by atoms with Crippen LogP contribution in [0.1, 0.15) is 29.0 Å². The van der Waals surface area contributed by atoms with Gasteiger partial charge in [0.1, 0.15) is 5.75 Å². The molecule has 0 atom stereocenters. The Morgan fingerprint density at radius 3 is 2.52 bits per heavy atom. The van der Waals surface area contributed by atoms with Gasteiger partial charge >= 0.3 is 6.61 Å². The predicted octanol–water partition coefficient (Wildman–Crippen LogP) is 2.42. The lowest BCUT2D eigenvalue weighted by Crippen LogP contribution is -2.44. The molecule has 1 aliphatic rings. The van der Waals surface area contributed by atoms with Gasteiger partial charge in [-0.05, 0) is 57.1 Å². The number of carbonyl (C=O) groups is 1.